The van der Waals surface area contributed by atoms with E-state index in [1.54, 1.807) is 37.3 Å². The number of likely N-dealkylation sites (N-methyl/N-ethyl adjacent to an activating group) is 1. The molecule has 2 rings (SSSR count). The van der Waals surface area contributed by atoms with Crippen molar-refractivity contribution in [3.63, 3.8) is 0 Å². The number of anilines is 1. The van der Waals surface area contributed by atoms with Crippen LogP contribution >= 0.6 is 11.6 Å². The molecule has 0 bridgehead atoms. The van der Waals surface area contributed by atoms with Gasteiger partial charge in [0.1, 0.15) is 17.6 Å². The van der Waals surface area contributed by atoms with Crippen LogP contribution in [0.5, 0.6) is 5.75 Å². The molecule has 0 fully saturated rings. The number of halogens is 2. The predicted molar refractivity (Wildman–Crippen MR) is 130 cm³/mol. The van der Waals surface area contributed by atoms with Gasteiger partial charge in [0, 0.05) is 32.1 Å². The van der Waals surface area contributed by atoms with E-state index in [0.717, 1.165) is 10.6 Å². The van der Waals surface area contributed by atoms with E-state index >= 15 is 0 Å². The summed E-state index contributed by atoms with van der Waals surface area (Å²) in [6, 6.07) is 9.77. The highest BCUT2D eigenvalue weighted by molar-refractivity contribution is 7.92. The van der Waals surface area contributed by atoms with Crippen molar-refractivity contribution >= 4 is 39.1 Å². The van der Waals surface area contributed by atoms with Crippen LogP contribution in [0.15, 0.2) is 42.5 Å². The van der Waals surface area contributed by atoms with E-state index in [2.05, 4.69) is 5.32 Å². The first-order valence-corrected chi connectivity index (χ1v) is 12.8. The van der Waals surface area contributed by atoms with Gasteiger partial charge in [0.2, 0.25) is 21.8 Å². The quantitative estimate of drug-likeness (QED) is 0.498. The van der Waals surface area contributed by atoms with Crippen LogP contribution in [-0.2, 0) is 26.2 Å². The van der Waals surface area contributed by atoms with Gasteiger partial charge in [0.15, 0.2) is 0 Å². The van der Waals surface area contributed by atoms with E-state index < -0.39 is 33.7 Å². The third kappa shape index (κ3) is 7.07. The van der Waals surface area contributed by atoms with Crippen LogP contribution in [0.2, 0.25) is 5.02 Å². The van der Waals surface area contributed by atoms with Gasteiger partial charge in [-0.15, -0.1) is 0 Å². The standard InChI is InChI=1S/C23H29ClFN3O5S/c1-16(23(30)26-2)27(15-17-8-5-6-9-20(17)25)22(29)10-7-13-28(34(4,31)32)18-11-12-21(33-3)19(24)14-18/h5-6,8-9,11-12,14,16H,7,10,13,15H2,1-4H3,(H,26,30)/t16-/m1/s1. The molecule has 8 nitrogen and oxygen atoms in total. The zero-order chi connectivity index (χ0) is 25.5. The molecule has 34 heavy (non-hydrogen) atoms. The zero-order valence-corrected chi connectivity index (χ0v) is 21.1. The summed E-state index contributed by atoms with van der Waals surface area (Å²) in [5, 5.41) is 2.74. The van der Waals surface area contributed by atoms with Crippen molar-refractivity contribution in [3.05, 3.63) is 58.9 Å². The Kier molecular flexibility index (Phi) is 9.69. The monoisotopic (exact) mass is 513 g/mol. The Bertz CT molecular complexity index is 1130. The highest BCUT2D eigenvalue weighted by Gasteiger charge is 2.27. The Hall–Kier alpha value is -2.85. The average Bonchev–Trinajstić information content (AvgIpc) is 2.79. The molecular formula is C23H29ClFN3O5S. The van der Waals surface area contributed by atoms with Crippen molar-refractivity contribution in [1.29, 1.82) is 0 Å². The maximum atomic E-state index is 14.2. The van der Waals surface area contributed by atoms with Crippen molar-refractivity contribution in [2.24, 2.45) is 0 Å². The van der Waals surface area contributed by atoms with Crippen LogP contribution in [0.25, 0.3) is 0 Å². The summed E-state index contributed by atoms with van der Waals surface area (Å²) in [4.78, 5) is 26.5. The smallest absolute Gasteiger partial charge is 0.242 e. The maximum Gasteiger partial charge on any atom is 0.242 e. The molecule has 186 valence electrons. The summed E-state index contributed by atoms with van der Waals surface area (Å²) in [6.07, 6.45) is 1.18. The SMILES string of the molecule is CNC(=O)[C@@H](C)N(Cc1ccccc1F)C(=O)CCCN(c1ccc(OC)c(Cl)c1)S(C)(=O)=O. The molecule has 0 spiro atoms. The second-order valence-corrected chi connectivity index (χ2v) is 9.97. The van der Waals surface area contributed by atoms with Gasteiger partial charge in [-0.3, -0.25) is 13.9 Å². The van der Waals surface area contributed by atoms with Gasteiger partial charge in [0.25, 0.3) is 0 Å². The van der Waals surface area contributed by atoms with Gasteiger partial charge < -0.3 is 15.0 Å². The molecule has 11 heteroatoms. The summed E-state index contributed by atoms with van der Waals surface area (Å²) < 4.78 is 45.2. The summed E-state index contributed by atoms with van der Waals surface area (Å²) >= 11 is 6.14. The average molecular weight is 514 g/mol. The first-order valence-electron chi connectivity index (χ1n) is 10.5. The number of sulfonamides is 1. The maximum absolute atomic E-state index is 14.2. The lowest BCUT2D eigenvalue weighted by Crippen LogP contribution is -2.47. The number of amides is 2. The fraction of sp³-hybridized carbons (Fsp3) is 0.391. The van der Waals surface area contributed by atoms with Gasteiger partial charge in [-0.05, 0) is 37.6 Å². The number of ether oxygens (including phenoxy) is 1. The van der Waals surface area contributed by atoms with Crippen LogP contribution in [0.1, 0.15) is 25.3 Å². The molecule has 0 saturated heterocycles. The van der Waals surface area contributed by atoms with E-state index in [0.29, 0.717) is 11.4 Å². The molecule has 0 aliphatic heterocycles. The Morgan fingerprint density at radius 3 is 2.44 bits per heavy atom. The van der Waals surface area contributed by atoms with E-state index in [1.807, 2.05) is 0 Å². The molecule has 1 atom stereocenters. The highest BCUT2D eigenvalue weighted by atomic mass is 35.5. The minimum Gasteiger partial charge on any atom is -0.495 e. The Morgan fingerprint density at radius 1 is 1.21 bits per heavy atom. The molecule has 0 aromatic heterocycles. The van der Waals surface area contributed by atoms with E-state index in [1.165, 1.54) is 31.2 Å². The number of benzene rings is 2. The number of hydrogen-bond donors (Lipinski definition) is 1. The second-order valence-electron chi connectivity index (χ2n) is 7.66. The van der Waals surface area contributed by atoms with E-state index in [-0.39, 0.29) is 36.5 Å². The van der Waals surface area contributed by atoms with Crippen LogP contribution in [-0.4, -0.2) is 58.1 Å². The molecule has 0 unspecified atom stereocenters. The lowest BCUT2D eigenvalue weighted by atomic mass is 10.1. The number of nitrogens with one attached hydrogen (secondary N) is 1. The molecule has 0 heterocycles. The molecule has 2 amide bonds. The fourth-order valence-corrected chi connectivity index (χ4v) is 4.63. The second kappa shape index (κ2) is 12.0. The first-order chi connectivity index (χ1) is 16.0. The molecular weight excluding hydrogens is 485 g/mol. The van der Waals surface area contributed by atoms with Crippen LogP contribution in [0.4, 0.5) is 10.1 Å². The van der Waals surface area contributed by atoms with Gasteiger partial charge in [-0.2, -0.15) is 0 Å². The fourth-order valence-electron chi connectivity index (χ4n) is 3.42. The van der Waals surface area contributed by atoms with Crippen molar-refractivity contribution in [1.82, 2.24) is 10.2 Å². The number of rotatable bonds is 11. The minimum absolute atomic E-state index is 0.00905. The molecule has 0 aliphatic carbocycles. The van der Waals surface area contributed by atoms with Gasteiger partial charge in [0.05, 0.1) is 24.1 Å². The van der Waals surface area contributed by atoms with Crippen molar-refractivity contribution in [2.75, 3.05) is 31.3 Å². The molecule has 0 aliphatic rings. The summed E-state index contributed by atoms with van der Waals surface area (Å²) in [7, 11) is -0.760. The highest BCUT2D eigenvalue weighted by Crippen LogP contribution is 2.30. The zero-order valence-electron chi connectivity index (χ0n) is 19.5. The van der Waals surface area contributed by atoms with Crippen LogP contribution in [0.3, 0.4) is 0 Å². The largest absolute Gasteiger partial charge is 0.495 e. The third-order valence-corrected chi connectivity index (χ3v) is 6.78. The molecule has 2 aromatic rings. The summed E-state index contributed by atoms with van der Waals surface area (Å²) in [5.41, 5.74) is 0.611. The van der Waals surface area contributed by atoms with E-state index in [9.17, 15) is 22.4 Å². The van der Waals surface area contributed by atoms with Crippen molar-refractivity contribution in [2.45, 2.75) is 32.4 Å². The minimum atomic E-state index is -3.67. The van der Waals surface area contributed by atoms with Gasteiger partial charge in [-0.1, -0.05) is 29.8 Å². The molecule has 0 radical (unpaired) electrons. The van der Waals surface area contributed by atoms with Gasteiger partial charge in [-0.25, -0.2) is 12.8 Å². The lowest BCUT2D eigenvalue weighted by molar-refractivity contribution is -0.140. The van der Waals surface area contributed by atoms with Crippen molar-refractivity contribution < 1.29 is 27.1 Å². The number of nitrogens with zero attached hydrogens (tertiary/aromatic N) is 2. The normalized spacial score (nSPS) is 12.1. The topological polar surface area (TPSA) is 96.0 Å². The van der Waals surface area contributed by atoms with E-state index in [4.69, 9.17) is 16.3 Å². The Labute approximate surface area is 204 Å². The number of hydrogen-bond acceptors (Lipinski definition) is 5. The number of carbonyl (C=O) groups excluding carboxylic acids is 2. The van der Waals surface area contributed by atoms with Crippen LogP contribution < -0.4 is 14.4 Å². The Balaban J connectivity index is 2.18. The van der Waals surface area contributed by atoms with Crippen LogP contribution in [0, 0.1) is 5.82 Å². The third-order valence-electron chi connectivity index (χ3n) is 5.29. The molecule has 0 saturated carbocycles. The molecule has 1 N–H and O–H groups in total. The first kappa shape index (κ1) is 27.4. The molecule has 2 aromatic carbocycles. The predicted octanol–water partition coefficient (Wildman–Crippen LogP) is 3.20. The Morgan fingerprint density at radius 2 is 1.88 bits per heavy atom. The number of carbonyl (C=O) groups is 2. The number of methoxy groups -OCH3 is 1. The van der Waals surface area contributed by atoms with Gasteiger partial charge >= 0.3 is 0 Å². The summed E-state index contributed by atoms with van der Waals surface area (Å²) in [5.74, 6) is -0.874. The summed E-state index contributed by atoms with van der Waals surface area (Å²) in [6.45, 7) is 1.47. The van der Waals surface area contributed by atoms with Crippen molar-refractivity contribution in [3.8, 4) is 5.75 Å². The lowest BCUT2D eigenvalue weighted by Gasteiger charge is -2.29.